The maximum absolute atomic E-state index is 12.9. The number of nitrogens with one attached hydrogen (secondary N) is 2. The Bertz CT molecular complexity index is 1220. The molecule has 5 rings (SSSR count). The zero-order chi connectivity index (χ0) is 20.5. The average Bonchev–Trinajstić information content (AvgIpc) is 3.41. The fraction of sp³-hybridized carbons (Fsp3) is 0.143. The van der Waals surface area contributed by atoms with Crippen molar-refractivity contribution in [3.8, 4) is 33.3 Å². The van der Waals surface area contributed by atoms with Crippen LogP contribution in [0.25, 0.3) is 21.8 Å². The topological polar surface area (TPSA) is 102 Å². The summed E-state index contributed by atoms with van der Waals surface area (Å²) in [6.07, 6.45) is 3.24. The van der Waals surface area contributed by atoms with Crippen LogP contribution >= 0.6 is 11.3 Å². The van der Waals surface area contributed by atoms with Crippen molar-refractivity contribution in [2.75, 3.05) is 18.5 Å². The molecule has 0 atom stereocenters. The summed E-state index contributed by atoms with van der Waals surface area (Å²) in [6, 6.07) is 11.2. The number of amides is 1. The molecule has 1 aliphatic heterocycles. The Morgan fingerprint density at radius 3 is 2.87 bits per heavy atom. The van der Waals surface area contributed by atoms with Crippen LogP contribution in [0.15, 0.2) is 48.8 Å². The Kier molecular flexibility index (Phi) is 4.64. The Morgan fingerprint density at radius 2 is 2.03 bits per heavy atom. The van der Waals surface area contributed by atoms with E-state index in [0.717, 1.165) is 21.8 Å². The number of aryl methyl sites for hydroxylation is 1. The summed E-state index contributed by atoms with van der Waals surface area (Å²) in [6.45, 7) is 2.92. The van der Waals surface area contributed by atoms with Gasteiger partial charge in [0.2, 0.25) is 0 Å². The van der Waals surface area contributed by atoms with E-state index in [9.17, 15) is 4.79 Å². The van der Waals surface area contributed by atoms with E-state index in [4.69, 9.17) is 9.47 Å². The van der Waals surface area contributed by atoms with Crippen molar-refractivity contribution in [2.45, 2.75) is 6.92 Å². The lowest BCUT2D eigenvalue weighted by Crippen LogP contribution is -2.15. The number of aromatic amines is 1. The van der Waals surface area contributed by atoms with Crippen molar-refractivity contribution in [2.24, 2.45) is 0 Å². The standard InChI is InChI=1S/C21H17N5O3S/c1-12-19(15-4-2-3-7-22-15)30-21(24-12)25-20(27)14-11-23-26-18(14)13-5-6-16-17(10-13)29-9-8-28-16/h2-7,10-11H,8-9H2,1H3,(H,23,26)(H,24,25,27). The first-order valence-electron chi connectivity index (χ1n) is 9.32. The summed E-state index contributed by atoms with van der Waals surface area (Å²) in [5.74, 6) is 1.04. The van der Waals surface area contributed by atoms with E-state index in [-0.39, 0.29) is 5.91 Å². The smallest absolute Gasteiger partial charge is 0.261 e. The number of fused-ring (bicyclic) bond motifs is 1. The van der Waals surface area contributed by atoms with Crippen LogP contribution in [0.1, 0.15) is 16.1 Å². The highest BCUT2D eigenvalue weighted by molar-refractivity contribution is 7.19. The van der Waals surface area contributed by atoms with E-state index in [1.165, 1.54) is 17.5 Å². The summed E-state index contributed by atoms with van der Waals surface area (Å²) < 4.78 is 11.2. The Hall–Kier alpha value is -3.72. The van der Waals surface area contributed by atoms with Gasteiger partial charge in [0.15, 0.2) is 16.6 Å². The van der Waals surface area contributed by atoms with Gasteiger partial charge in [0.1, 0.15) is 13.2 Å². The molecule has 0 saturated heterocycles. The number of pyridine rings is 1. The molecule has 1 aliphatic rings. The van der Waals surface area contributed by atoms with Gasteiger partial charge in [-0.15, -0.1) is 0 Å². The van der Waals surface area contributed by atoms with Crippen molar-refractivity contribution in [3.63, 3.8) is 0 Å². The molecule has 4 aromatic rings. The highest BCUT2D eigenvalue weighted by Crippen LogP contribution is 2.35. The van der Waals surface area contributed by atoms with E-state index in [1.54, 1.807) is 6.20 Å². The third-order valence-corrected chi connectivity index (χ3v) is 5.72. The molecule has 30 heavy (non-hydrogen) atoms. The van der Waals surface area contributed by atoms with Gasteiger partial charge in [-0.25, -0.2) is 4.98 Å². The van der Waals surface area contributed by atoms with Crippen LogP contribution < -0.4 is 14.8 Å². The minimum Gasteiger partial charge on any atom is -0.486 e. The fourth-order valence-corrected chi connectivity index (χ4v) is 4.16. The van der Waals surface area contributed by atoms with Crippen molar-refractivity contribution in [1.82, 2.24) is 20.2 Å². The van der Waals surface area contributed by atoms with Crippen LogP contribution in [0.2, 0.25) is 0 Å². The van der Waals surface area contributed by atoms with E-state index in [0.29, 0.717) is 41.1 Å². The lowest BCUT2D eigenvalue weighted by molar-refractivity contribution is 0.102. The van der Waals surface area contributed by atoms with Crippen LogP contribution in [0.5, 0.6) is 11.5 Å². The second-order valence-corrected chi connectivity index (χ2v) is 7.62. The van der Waals surface area contributed by atoms with Gasteiger partial charge in [-0.05, 0) is 37.3 Å². The average molecular weight is 419 g/mol. The first-order valence-corrected chi connectivity index (χ1v) is 10.1. The molecule has 9 heteroatoms. The predicted molar refractivity (Wildman–Crippen MR) is 113 cm³/mol. The van der Waals surface area contributed by atoms with Crippen LogP contribution in [-0.2, 0) is 0 Å². The molecule has 1 aromatic carbocycles. The lowest BCUT2D eigenvalue weighted by Gasteiger charge is -2.18. The molecule has 0 unspecified atom stereocenters. The maximum atomic E-state index is 12.9. The van der Waals surface area contributed by atoms with Gasteiger partial charge in [-0.1, -0.05) is 17.4 Å². The molecule has 0 bridgehead atoms. The second kappa shape index (κ2) is 7.60. The van der Waals surface area contributed by atoms with Crippen LogP contribution in [0, 0.1) is 6.92 Å². The summed E-state index contributed by atoms with van der Waals surface area (Å²) in [7, 11) is 0. The molecule has 1 amide bonds. The molecule has 8 nitrogen and oxygen atoms in total. The first kappa shape index (κ1) is 18.3. The minimum absolute atomic E-state index is 0.296. The van der Waals surface area contributed by atoms with Crippen molar-refractivity contribution >= 4 is 22.4 Å². The molecule has 0 spiro atoms. The number of thiazole rings is 1. The van der Waals surface area contributed by atoms with E-state index in [2.05, 4.69) is 25.5 Å². The fourth-order valence-electron chi connectivity index (χ4n) is 3.23. The normalized spacial score (nSPS) is 12.6. The quantitative estimate of drug-likeness (QED) is 0.520. The number of ether oxygens (including phenoxy) is 2. The highest BCUT2D eigenvalue weighted by Gasteiger charge is 2.20. The summed E-state index contributed by atoms with van der Waals surface area (Å²) >= 11 is 1.39. The largest absolute Gasteiger partial charge is 0.486 e. The predicted octanol–water partition coefficient (Wildman–Crippen LogP) is 3.93. The number of H-pyrrole nitrogens is 1. The molecule has 0 radical (unpaired) electrons. The van der Waals surface area contributed by atoms with Crippen molar-refractivity contribution in [3.05, 3.63) is 60.0 Å². The van der Waals surface area contributed by atoms with Crippen molar-refractivity contribution < 1.29 is 14.3 Å². The van der Waals surface area contributed by atoms with Crippen molar-refractivity contribution in [1.29, 1.82) is 0 Å². The monoisotopic (exact) mass is 419 g/mol. The number of rotatable bonds is 4. The summed E-state index contributed by atoms with van der Waals surface area (Å²) in [4.78, 5) is 22.7. The van der Waals surface area contributed by atoms with Gasteiger partial charge in [0, 0.05) is 11.8 Å². The molecule has 0 aliphatic carbocycles. The van der Waals surface area contributed by atoms with Crippen LogP contribution in [-0.4, -0.2) is 39.3 Å². The lowest BCUT2D eigenvalue weighted by atomic mass is 10.1. The molecule has 150 valence electrons. The molecule has 0 fully saturated rings. The number of nitrogens with zero attached hydrogens (tertiary/aromatic N) is 3. The third kappa shape index (κ3) is 3.39. The van der Waals surface area contributed by atoms with E-state index >= 15 is 0 Å². The third-order valence-electron chi connectivity index (χ3n) is 4.63. The van der Waals surface area contributed by atoms with Gasteiger partial charge in [-0.3, -0.25) is 20.2 Å². The molecular formula is C21H17N5O3S. The molecular weight excluding hydrogens is 402 g/mol. The van der Waals surface area contributed by atoms with Crippen LogP contribution in [0.3, 0.4) is 0 Å². The first-order chi connectivity index (χ1) is 14.7. The zero-order valence-electron chi connectivity index (χ0n) is 16.0. The van der Waals surface area contributed by atoms with Gasteiger partial charge in [0.05, 0.1) is 33.7 Å². The van der Waals surface area contributed by atoms with E-state index in [1.807, 2.05) is 43.3 Å². The number of anilines is 1. The van der Waals surface area contributed by atoms with Gasteiger partial charge in [-0.2, -0.15) is 5.10 Å². The van der Waals surface area contributed by atoms with Gasteiger partial charge >= 0.3 is 0 Å². The number of carbonyl (C=O) groups excluding carboxylic acids is 1. The Balaban J connectivity index is 1.41. The molecule has 3 aromatic heterocycles. The molecule has 0 saturated carbocycles. The van der Waals surface area contributed by atoms with E-state index < -0.39 is 0 Å². The van der Waals surface area contributed by atoms with Gasteiger partial charge < -0.3 is 9.47 Å². The minimum atomic E-state index is -0.296. The number of hydrogen-bond donors (Lipinski definition) is 2. The zero-order valence-corrected chi connectivity index (χ0v) is 16.8. The maximum Gasteiger partial charge on any atom is 0.261 e. The molecule has 2 N–H and O–H groups in total. The Labute approximate surface area is 175 Å². The highest BCUT2D eigenvalue weighted by atomic mass is 32.1. The Morgan fingerprint density at radius 1 is 1.17 bits per heavy atom. The number of benzene rings is 1. The number of carbonyl (C=O) groups is 1. The summed E-state index contributed by atoms with van der Waals surface area (Å²) in [5.41, 5.74) is 3.44. The molecule has 4 heterocycles. The number of hydrogen-bond acceptors (Lipinski definition) is 7. The SMILES string of the molecule is Cc1nc(NC(=O)c2cn[nH]c2-c2ccc3c(c2)OCCO3)sc1-c1ccccn1. The second-order valence-electron chi connectivity index (χ2n) is 6.62. The number of aromatic nitrogens is 4. The summed E-state index contributed by atoms with van der Waals surface area (Å²) in [5, 5.41) is 10.3. The van der Waals surface area contributed by atoms with Crippen LogP contribution in [0.4, 0.5) is 5.13 Å². The van der Waals surface area contributed by atoms with Gasteiger partial charge in [0.25, 0.3) is 5.91 Å².